The van der Waals surface area contributed by atoms with E-state index in [1.54, 1.807) is 11.1 Å². The standard InChI is InChI=1S/C13H17N5O3.H2/c1-13(2,3)21-12(19)14-8-5-4-6-9-11(8)20-7-10-15-16-17-18(9)10;/h4-6,16-17H,7H2,1-3H3,(H,14,19);1H. The van der Waals surface area contributed by atoms with E-state index in [2.05, 4.69) is 21.5 Å². The number of hydrogen-bond acceptors (Lipinski definition) is 7. The number of ether oxygens (including phenoxy) is 2. The molecule has 0 bridgehead atoms. The number of rotatable bonds is 1. The van der Waals surface area contributed by atoms with Gasteiger partial charge in [-0.25, -0.2) is 15.3 Å². The molecule has 21 heavy (non-hydrogen) atoms. The Bertz CT molecular complexity index is 614. The fraction of sp³-hybridized carbons (Fsp3) is 0.385. The van der Waals surface area contributed by atoms with Gasteiger partial charge in [-0.3, -0.25) is 5.32 Å². The third-order valence-electron chi connectivity index (χ3n) is 2.82. The summed E-state index contributed by atoms with van der Waals surface area (Å²) in [6.07, 6.45) is -0.522. The van der Waals surface area contributed by atoms with Gasteiger partial charge in [0, 0.05) is 1.43 Å². The number of amides is 1. The topological polar surface area (TPSA) is 87.2 Å². The highest BCUT2D eigenvalue weighted by atomic mass is 16.6. The molecule has 8 heteroatoms. The van der Waals surface area contributed by atoms with E-state index in [0.29, 0.717) is 18.0 Å². The smallest absolute Gasteiger partial charge is 0.412 e. The molecular formula is C13H19N5O3. The first-order valence-corrected chi connectivity index (χ1v) is 6.57. The van der Waals surface area contributed by atoms with Crippen molar-refractivity contribution < 1.29 is 15.7 Å². The molecule has 0 saturated carbocycles. The lowest BCUT2D eigenvalue weighted by atomic mass is 10.2. The highest BCUT2D eigenvalue weighted by molar-refractivity contribution is 6.03. The van der Waals surface area contributed by atoms with Gasteiger partial charge in [-0.1, -0.05) is 6.07 Å². The van der Waals surface area contributed by atoms with Gasteiger partial charge in [0.1, 0.15) is 17.9 Å². The fourth-order valence-corrected chi connectivity index (χ4v) is 2.05. The number of carbonyl (C=O) groups is 1. The number of carbonyl (C=O) groups excluding carboxylic acids is 1. The Morgan fingerprint density at radius 3 is 3.10 bits per heavy atom. The average Bonchev–Trinajstić information content (AvgIpc) is 2.85. The Kier molecular flexibility index (Phi) is 3.09. The molecule has 0 saturated heterocycles. The van der Waals surface area contributed by atoms with Gasteiger partial charge in [-0.05, 0) is 32.9 Å². The van der Waals surface area contributed by atoms with Crippen molar-refractivity contribution in [2.45, 2.75) is 26.4 Å². The summed E-state index contributed by atoms with van der Waals surface area (Å²) in [5, 5.41) is 8.51. The van der Waals surface area contributed by atoms with Crippen LogP contribution >= 0.6 is 0 Å². The van der Waals surface area contributed by atoms with Crippen LogP contribution in [0.5, 0.6) is 5.75 Å². The number of benzene rings is 1. The summed E-state index contributed by atoms with van der Waals surface area (Å²) in [4.78, 5) is 11.9. The van der Waals surface area contributed by atoms with Gasteiger partial charge in [0.15, 0.2) is 11.6 Å². The molecule has 0 spiro atoms. The van der Waals surface area contributed by atoms with Gasteiger partial charge in [0.05, 0.1) is 5.69 Å². The number of para-hydroxylation sites is 1. The molecule has 0 radical (unpaired) electrons. The Hall–Kier alpha value is -2.48. The maximum absolute atomic E-state index is 11.9. The molecule has 3 rings (SSSR count). The predicted octanol–water partition coefficient (Wildman–Crippen LogP) is 1.81. The molecule has 1 aromatic carbocycles. The summed E-state index contributed by atoms with van der Waals surface area (Å²) in [5.41, 5.74) is 6.32. The van der Waals surface area contributed by atoms with E-state index in [9.17, 15) is 4.79 Å². The predicted molar refractivity (Wildman–Crippen MR) is 80.1 cm³/mol. The van der Waals surface area contributed by atoms with E-state index in [-0.39, 0.29) is 1.43 Å². The number of fused-ring (bicyclic) bond motifs is 3. The van der Waals surface area contributed by atoms with Crippen molar-refractivity contribution in [2.75, 3.05) is 16.9 Å². The zero-order chi connectivity index (χ0) is 15.0. The van der Waals surface area contributed by atoms with Crippen LogP contribution in [0.2, 0.25) is 0 Å². The van der Waals surface area contributed by atoms with Crippen molar-refractivity contribution >= 4 is 23.3 Å². The van der Waals surface area contributed by atoms with Crippen LogP contribution in [0.25, 0.3) is 0 Å². The Labute approximate surface area is 123 Å². The largest absolute Gasteiger partial charge is 0.481 e. The van der Waals surface area contributed by atoms with E-state index in [4.69, 9.17) is 9.47 Å². The highest BCUT2D eigenvalue weighted by Crippen LogP contribution is 2.38. The molecule has 0 aliphatic carbocycles. The van der Waals surface area contributed by atoms with Gasteiger partial charge in [0.25, 0.3) is 0 Å². The maximum atomic E-state index is 11.9. The minimum absolute atomic E-state index is 0. The SMILES string of the molecule is CC(C)(C)OC(=O)Nc1cccc2c1OCC1=NNNN12.[HH]. The van der Waals surface area contributed by atoms with E-state index in [1.165, 1.54) is 0 Å². The molecule has 2 heterocycles. The van der Waals surface area contributed by atoms with Crippen LogP contribution in [0.1, 0.15) is 22.2 Å². The lowest BCUT2D eigenvalue weighted by Gasteiger charge is -2.28. The number of hydrazine groups is 2. The molecule has 0 fully saturated rings. The van der Waals surface area contributed by atoms with Crippen LogP contribution in [0.4, 0.5) is 16.2 Å². The minimum atomic E-state index is -0.556. The van der Waals surface area contributed by atoms with E-state index >= 15 is 0 Å². The summed E-state index contributed by atoms with van der Waals surface area (Å²) in [6, 6.07) is 5.44. The first kappa shape index (κ1) is 13.5. The molecule has 0 aromatic heterocycles. The number of hydrazone groups is 1. The molecule has 0 atom stereocenters. The van der Waals surface area contributed by atoms with Crippen LogP contribution in [-0.2, 0) is 4.74 Å². The second kappa shape index (κ2) is 4.81. The molecular weight excluding hydrogens is 274 g/mol. The van der Waals surface area contributed by atoms with Gasteiger partial charge >= 0.3 is 6.09 Å². The second-order valence-electron chi connectivity index (χ2n) is 5.66. The molecule has 1 aromatic rings. The highest BCUT2D eigenvalue weighted by Gasteiger charge is 2.29. The van der Waals surface area contributed by atoms with E-state index in [1.807, 2.05) is 32.9 Å². The van der Waals surface area contributed by atoms with Gasteiger partial charge in [-0.15, -0.1) is 10.6 Å². The minimum Gasteiger partial charge on any atom is -0.481 e. The summed E-state index contributed by atoms with van der Waals surface area (Å²) in [5.74, 6) is 1.29. The zero-order valence-corrected chi connectivity index (χ0v) is 12.1. The molecule has 2 aliphatic heterocycles. The van der Waals surface area contributed by atoms with Gasteiger partial charge in [0.2, 0.25) is 0 Å². The summed E-state index contributed by atoms with van der Waals surface area (Å²) >= 11 is 0. The first-order valence-electron chi connectivity index (χ1n) is 6.57. The van der Waals surface area contributed by atoms with Crippen molar-refractivity contribution in [3.05, 3.63) is 18.2 Å². The Morgan fingerprint density at radius 1 is 1.52 bits per heavy atom. The Balaban J connectivity index is 0.00000176. The number of nitrogens with one attached hydrogen (secondary N) is 3. The molecule has 3 N–H and O–H groups in total. The van der Waals surface area contributed by atoms with Crippen molar-refractivity contribution in [1.29, 1.82) is 0 Å². The molecule has 114 valence electrons. The van der Waals surface area contributed by atoms with Gasteiger partial charge in [-0.2, -0.15) is 0 Å². The van der Waals surface area contributed by atoms with Crippen LogP contribution in [0.15, 0.2) is 23.3 Å². The normalized spacial score (nSPS) is 16.1. The van der Waals surface area contributed by atoms with Crippen molar-refractivity contribution in [1.82, 2.24) is 11.1 Å². The van der Waals surface area contributed by atoms with Crippen molar-refractivity contribution in [3.8, 4) is 5.75 Å². The zero-order valence-electron chi connectivity index (χ0n) is 12.1. The third kappa shape index (κ3) is 2.70. The van der Waals surface area contributed by atoms with E-state index < -0.39 is 11.7 Å². The Morgan fingerprint density at radius 2 is 2.33 bits per heavy atom. The lowest BCUT2D eigenvalue weighted by molar-refractivity contribution is 0.0635. The van der Waals surface area contributed by atoms with Crippen LogP contribution < -0.4 is 26.1 Å². The van der Waals surface area contributed by atoms with Crippen molar-refractivity contribution in [3.63, 3.8) is 0 Å². The average molecular weight is 293 g/mol. The van der Waals surface area contributed by atoms with E-state index in [0.717, 1.165) is 11.5 Å². The van der Waals surface area contributed by atoms with Crippen LogP contribution in [0.3, 0.4) is 0 Å². The number of anilines is 2. The monoisotopic (exact) mass is 293 g/mol. The fourth-order valence-electron chi connectivity index (χ4n) is 2.05. The quantitative estimate of drug-likeness (QED) is 0.732. The number of nitrogens with zero attached hydrogens (tertiary/aromatic N) is 2. The number of amidine groups is 1. The van der Waals surface area contributed by atoms with Crippen LogP contribution in [-0.4, -0.2) is 24.1 Å². The summed E-state index contributed by atoms with van der Waals surface area (Å²) in [7, 11) is 0. The third-order valence-corrected chi connectivity index (χ3v) is 2.82. The second-order valence-corrected chi connectivity index (χ2v) is 5.66. The molecule has 0 unspecified atom stereocenters. The number of hydrogen-bond donors (Lipinski definition) is 3. The lowest BCUT2D eigenvalue weighted by Crippen LogP contribution is -2.45. The van der Waals surface area contributed by atoms with Crippen molar-refractivity contribution in [2.24, 2.45) is 5.10 Å². The maximum Gasteiger partial charge on any atom is 0.412 e. The molecule has 2 aliphatic rings. The van der Waals surface area contributed by atoms with Gasteiger partial charge < -0.3 is 9.47 Å². The molecule has 8 nitrogen and oxygen atoms in total. The van der Waals surface area contributed by atoms with Crippen LogP contribution in [0, 0.1) is 0 Å². The first-order chi connectivity index (χ1) is 9.94. The molecule has 1 amide bonds. The summed E-state index contributed by atoms with van der Waals surface area (Å²) in [6.45, 7) is 5.74. The summed E-state index contributed by atoms with van der Waals surface area (Å²) < 4.78 is 10.9.